The number of rotatable bonds is 3. The predicted molar refractivity (Wildman–Crippen MR) is 73.4 cm³/mol. The van der Waals surface area contributed by atoms with E-state index in [-0.39, 0.29) is 23.2 Å². The van der Waals surface area contributed by atoms with Crippen molar-refractivity contribution in [2.75, 3.05) is 32.9 Å². The summed E-state index contributed by atoms with van der Waals surface area (Å²) in [5.74, 6) is -0.699. The quantitative estimate of drug-likeness (QED) is 0.844. The third-order valence-electron chi connectivity index (χ3n) is 3.50. The molecule has 4 nitrogen and oxygen atoms in total. The first-order valence-corrected chi connectivity index (χ1v) is 6.50. The zero-order valence-electron chi connectivity index (χ0n) is 11.4. The van der Waals surface area contributed by atoms with Crippen molar-refractivity contribution in [1.82, 2.24) is 9.80 Å². The van der Waals surface area contributed by atoms with Gasteiger partial charge in [0, 0.05) is 19.1 Å². The highest BCUT2D eigenvalue weighted by molar-refractivity contribution is 5.99. The first kappa shape index (κ1) is 13.8. The van der Waals surface area contributed by atoms with Crippen LogP contribution in [0.5, 0.6) is 0 Å². The van der Waals surface area contributed by atoms with E-state index in [2.05, 4.69) is 4.90 Å². The van der Waals surface area contributed by atoms with Crippen molar-refractivity contribution >= 4 is 11.6 Å². The van der Waals surface area contributed by atoms with Gasteiger partial charge in [-0.1, -0.05) is 6.07 Å². The standard InChI is InChI=1S/C14H20FN3O/c1-17(2)9-10-5-4-8-18(10)14(19)11-6-3-7-12(15)13(11)16/h3,6-7,10H,4-5,8-9,16H2,1-2H3. The molecule has 104 valence electrons. The number of likely N-dealkylation sites (N-methyl/N-ethyl adjacent to an activating group) is 1. The van der Waals surface area contributed by atoms with E-state index >= 15 is 0 Å². The van der Waals surface area contributed by atoms with E-state index in [1.807, 2.05) is 19.0 Å². The molecule has 2 N–H and O–H groups in total. The highest BCUT2D eigenvalue weighted by Gasteiger charge is 2.30. The highest BCUT2D eigenvalue weighted by Crippen LogP contribution is 2.24. The molecule has 0 aliphatic carbocycles. The summed E-state index contributed by atoms with van der Waals surface area (Å²) in [5, 5.41) is 0. The third kappa shape index (κ3) is 2.87. The van der Waals surface area contributed by atoms with Gasteiger partial charge in [-0.15, -0.1) is 0 Å². The molecule has 1 amide bonds. The molecule has 5 heteroatoms. The maximum absolute atomic E-state index is 13.4. The average molecular weight is 265 g/mol. The van der Waals surface area contributed by atoms with E-state index in [0.29, 0.717) is 6.54 Å². The van der Waals surface area contributed by atoms with E-state index in [1.165, 1.54) is 12.1 Å². The van der Waals surface area contributed by atoms with Crippen LogP contribution in [-0.4, -0.2) is 48.9 Å². The number of anilines is 1. The van der Waals surface area contributed by atoms with Gasteiger partial charge >= 0.3 is 0 Å². The molecule has 0 radical (unpaired) electrons. The van der Waals surface area contributed by atoms with Gasteiger partial charge in [-0.25, -0.2) is 4.39 Å². The molecule has 0 spiro atoms. The number of carbonyl (C=O) groups excluding carboxylic acids is 1. The molecule has 0 saturated carbocycles. The van der Waals surface area contributed by atoms with E-state index in [9.17, 15) is 9.18 Å². The van der Waals surface area contributed by atoms with E-state index in [4.69, 9.17) is 5.73 Å². The number of amides is 1. The van der Waals surface area contributed by atoms with Crippen LogP contribution in [0.15, 0.2) is 18.2 Å². The van der Waals surface area contributed by atoms with E-state index in [1.54, 1.807) is 6.07 Å². The SMILES string of the molecule is CN(C)CC1CCCN1C(=O)c1cccc(F)c1N. The van der Waals surface area contributed by atoms with Crippen molar-refractivity contribution < 1.29 is 9.18 Å². The van der Waals surface area contributed by atoms with Crippen molar-refractivity contribution in [2.24, 2.45) is 0 Å². The molecule has 1 saturated heterocycles. The van der Waals surface area contributed by atoms with Crippen molar-refractivity contribution in [3.8, 4) is 0 Å². The maximum atomic E-state index is 13.4. The Balaban J connectivity index is 2.21. The van der Waals surface area contributed by atoms with Crippen molar-refractivity contribution in [3.63, 3.8) is 0 Å². The highest BCUT2D eigenvalue weighted by atomic mass is 19.1. The fraction of sp³-hybridized carbons (Fsp3) is 0.500. The smallest absolute Gasteiger partial charge is 0.256 e. The minimum absolute atomic E-state index is 0.0528. The molecule has 19 heavy (non-hydrogen) atoms. The second-order valence-corrected chi connectivity index (χ2v) is 5.26. The van der Waals surface area contributed by atoms with E-state index < -0.39 is 5.82 Å². The fourth-order valence-corrected chi connectivity index (χ4v) is 2.59. The van der Waals surface area contributed by atoms with Gasteiger partial charge in [-0.05, 0) is 39.1 Å². The first-order valence-electron chi connectivity index (χ1n) is 6.50. The lowest BCUT2D eigenvalue weighted by Crippen LogP contribution is -2.41. The van der Waals surface area contributed by atoms with Crippen LogP contribution in [-0.2, 0) is 0 Å². The topological polar surface area (TPSA) is 49.6 Å². The molecule has 2 rings (SSSR count). The van der Waals surface area contributed by atoms with Gasteiger partial charge in [-0.2, -0.15) is 0 Å². The fourth-order valence-electron chi connectivity index (χ4n) is 2.59. The summed E-state index contributed by atoms with van der Waals surface area (Å²) >= 11 is 0. The lowest BCUT2D eigenvalue weighted by molar-refractivity contribution is 0.0717. The number of para-hydroxylation sites is 1. The summed E-state index contributed by atoms with van der Waals surface area (Å²) < 4.78 is 13.4. The number of benzene rings is 1. The average Bonchev–Trinajstić information content (AvgIpc) is 2.79. The number of nitrogens with two attached hydrogens (primary N) is 1. The van der Waals surface area contributed by atoms with Crippen LogP contribution in [0.2, 0.25) is 0 Å². The van der Waals surface area contributed by atoms with Gasteiger partial charge in [0.25, 0.3) is 5.91 Å². The van der Waals surface area contributed by atoms with Gasteiger partial charge in [0.15, 0.2) is 0 Å². The summed E-state index contributed by atoms with van der Waals surface area (Å²) in [6.45, 7) is 1.54. The Kier molecular flexibility index (Phi) is 4.04. The number of likely N-dealkylation sites (tertiary alicyclic amines) is 1. The van der Waals surface area contributed by atoms with Crippen LogP contribution in [0.25, 0.3) is 0 Å². The van der Waals surface area contributed by atoms with Gasteiger partial charge in [-0.3, -0.25) is 4.79 Å². The monoisotopic (exact) mass is 265 g/mol. The molecule has 1 aliphatic heterocycles. The molecule has 1 unspecified atom stereocenters. The molecule has 1 aromatic carbocycles. The molecule has 1 aliphatic rings. The number of halogens is 1. The molecular weight excluding hydrogens is 245 g/mol. The maximum Gasteiger partial charge on any atom is 0.256 e. The second-order valence-electron chi connectivity index (χ2n) is 5.26. The summed E-state index contributed by atoms with van der Waals surface area (Å²) in [6.07, 6.45) is 1.97. The third-order valence-corrected chi connectivity index (χ3v) is 3.50. The molecular formula is C14H20FN3O. The van der Waals surface area contributed by atoms with Crippen LogP contribution >= 0.6 is 0 Å². The number of hydrogen-bond donors (Lipinski definition) is 1. The molecule has 0 bridgehead atoms. The number of nitrogen functional groups attached to an aromatic ring is 1. The van der Waals surface area contributed by atoms with E-state index in [0.717, 1.165) is 19.4 Å². The summed E-state index contributed by atoms with van der Waals surface area (Å²) in [5.41, 5.74) is 5.88. The Hall–Kier alpha value is -1.62. The lowest BCUT2D eigenvalue weighted by Gasteiger charge is -2.27. The Morgan fingerprint density at radius 3 is 2.95 bits per heavy atom. The number of nitrogens with zero attached hydrogens (tertiary/aromatic N) is 2. The van der Waals surface area contributed by atoms with Gasteiger partial charge in [0.1, 0.15) is 5.82 Å². The van der Waals surface area contributed by atoms with Gasteiger partial charge < -0.3 is 15.5 Å². The molecule has 1 atom stereocenters. The van der Waals surface area contributed by atoms with Gasteiger partial charge in [0.05, 0.1) is 11.3 Å². The van der Waals surface area contributed by atoms with Crippen LogP contribution in [0.1, 0.15) is 23.2 Å². The summed E-state index contributed by atoms with van der Waals surface area (Å²) in [4.78, 5) is 16.3. The summed E-state index contributed by atoms with van der Waals surface area (Å²) in [7, 11) is 3.97. The van der Waals surface area contributed by atoms with Crippen LogP contribution in [0, 0.1) is 5.82 Å². The molecule has 1 fully saturated rings. The minimum atomic E-state index is -0.533. The Bertz CT molecular complexity index is 476. The molecule has 1 aromatic rings. The van der Waals surface area contributed by atoms with Crippen LogP contribution in [0.3, 0.4) is 0 Å². The second kappa shape index (κ2) is 5.57. The van der Waals surface area contributed by atoms with Crippen LogP contribution < -0.4 is 5.73 Å². The predicted octanol–water partition coefficient (Wildman–Crippen LogP) is 1.57. The van der Waals surface area contributed by atoms with Crippen molar-refractivity contribution in [2.45, 2.75) is 18.9 Å². The lowest BCUT2D eigenvalue weighted by atomic mass is 10.1. The van der Waals surface area contributed by atoms with Crippen molar-refractivity contribution in [3.05, 3.63) is 29.6 Å². The normalized spacial score (nSPS) is 19.2. The Morgan fingerprint density at radius 2 is 2.26 bits per heavy atom. The zero-order chi connectivity index (χ0) is 14.0. The first-order chi connectivity index (χ1) is 9.00. The zero-order valence-corrected chi connectivity index (χ0v) is 11.4. The Morgan fingerprint density at radius 1 is 1.53 bits per heavy atom. The van der Waals surface area contributed by atoms with Gasteiger partial charge in [0.2, 0.25) is 0 Å². The molecule has 0 aromatic heterocycles. The number of hydrogen-bond acceptors (Lipinski definition) is 3. The Labute approximate surface area is 113 Å². The molecule has 1 heterocycles. The summed E-state index contributed by atoms with van der Waals surface area (Å²) in [6, 6.07) is 4.57. The largest absolute Gasteiger partial charge is 0.396 e. The van der Waals surface area contributed by atoms with Crippen LogP contribution in [0.4, 0.5) is 10.1 Å². The number of carbonyl (C=O) groups is 1. The minimum Gasteiger partial charge on any atom is -0.396 e. The van der Waals surface area contributed by atoms with Crippen molar-refractivity contribution in [1.29, 1.82) is 0 Å².